The van der Waals surface area contributed by atoms with Crippen LogP contribution in [0.2, 0.25) is 0 Å². The van der Waals surface area contributed by atoms with Crippen LogP contribution in [0.4, 0.5) is 0 Å². The van der Waals surface area contributed by atoms with Crippen LogP contribution in [0.3, 0.4) is 0 Å². The lowest BCUT2D eigenvalue weighted by molar-refractivity contribution is -0.138. The minimum absolute atomic E-state index is 0.0443. The molecule has 2 amide bonds. The summed E-state index contributed by atoms with van der Waals surface area (Å²) in [6.45, 7) is 2.38. The van der Waals surface area contributed by atoms with Crippen molar-refractivity contribution < 1.29 is 14.4 Å². The highest BCUT2D eigenvalue weighted by atomic mass is 32.2. The van der Waals surface area contributed by atoms with Crippen LogP contribution in [0.15, 0.2) is 0 Å². The van der Waals surface area contributed by atoms with Gasteiger partial charge in [-0.15, -0.1) is 0 Å². The minimum Gasteiger partial charge on any atom is -0.300 e. The van der Waals surface area contributed by atoms with E-state index >= 15 is 0 Å². The summed E-state index contributed by atoms with van der Waals surface area (Å²) >= 11 is 1.44. The van der Waals surface area contributed by atoms with Crippen molar-refractivity contribution in [3.63, 3.8) is 0 Å². The molecule has 1 unspecified atom stereocenters. The van der Waals surface area contributed by atoms with Crippen LogP contribution in [0, 0.1) is 0 Å². The van der Waals surface area contributed by atoms with Gasteiger partial charge in [0.2, 0.25) is 11.8 Å². The molecule has 102 valence electrons. The SMILES string of the molecule is CCC(=O)CCCCCN1C(=O)CC(SC)C1=O. The van der Waals surface area contributed by atoms with E-state index in [9.17, 15) is 14.4 Å². The quantitative estimate of drug-likeness (QED) is 0.500. The molecule has 1 atom stereocenters. The van der Waals surface area contributed by atoms with Gasteiger partial charge in [-0.25, -0.2) is 0 Å². The van der Waals surface area contributed by atoms with Gasteiger partial charge in [-0.05, 0) is 19.1 Å². The van der Waals surface area contributed by atoms with Gasteiger partial charge >= 0.3 is 0 Å². The average Bonchev–Trinajstić information content (AvgIpc) is 2.64. The molecule has 1 aliphatic heterocycles. The van der Waals surface area contributed by atoms with E-state index in [1.165, 1.54) is 16.7 Å². The van der Waals surface area contributed by atoms with E-state index in [2.05, 4.69) is 0 Å². The van der Waals surface area contributed by atoms with Crippen molar-refractivity contribution >= 4 is 29.4 Å². The Kier molecular flexibility index (Phi) is 6.39. The largest absolute Gasteiger partial charge is 0.300 e. The lowest BCUT2D eigenvalue weighted by atomic mass is 10.1. The Labute approximate surface area is 112 Å². The maximum atomic E-state index is 11.8. The van der Waals surface area contributed by atoms with Crippen molar-refractivity contribution in [3.8, 4) is 0 Å². The van der Waals surface area contributed by atoms with Gasteiger partial charge in [0.25, 0.3) is 0 Å². The van der Waals surface area contributed by atoms with Crippen LogP contribution in [0.25, 0.3) is 0 Å². The Bertz CT molecular complexity index is 330. The molecule has 0 radical (unpaired) electrons. The summed E-state index contributed by atoms with van der Waals surface area (Å²) in [5, 5.41) is -0.181. The van der Waals surface area contributed by atoms with Crippen molar-refractivity contribution in [2.24, 2.45) is 0 Å². The van der Waals surface area contributed by atoms with Crippen molar-refractivity contribution in [2.75, 3.05) is 12.8 Å². The van der Waals surface area contributed by atoms with E-state index in [0.29, 0.717) is 25.8 Å². The Morgan fingerprint density at radius 3 is 2.61 bits per heavy atom. The fourth-order valence-electron chi connectivity index (χ4n) is 2.02. The summed E-state index contributed by atoms with van der Waals surface area (Å²) in [5.41, 5.74) is 0. The van der Waals surface area contributed by atoms with E-state index in [4.69, 9.17) is 0 Å². The molecule has 5 heteroatoms. The first-order valence-electron chi connectivity index (χ1n) is 6.48. The van der Waals surface area contributed by atoms with Crippen molar-refractivity contribution in [3.05, 3.63) is 0 Å². The molecule has 1 heterocycles. The molecular weight excluding hydrogens is 250 g/mol. The average molecular weight is 271 g/mol. The Balaban J connectivity index is 2.21. The third-order valence-electron chi connectivity index (χ3n) is 3.22. The third kappa shape index (κ3) is 4.12. The molecule has 1 aliphatic rings. The van der Waals surface area contributed by atoms with E-state index in [1.807, 2.05) is 13.2 Å². The van der Waals surface area contributed by atoms with Gasteiger partial charge in [-0.2, -0.15) is 11.8 Å². The Hall–Kier alpha value is -0.840. The lowest BCUT2D eigenvalue weighted by Gasteiger charge is -2.14. The number of carbonyl (C=O) groups excluding carboxylic acids is 3. The van der Waals surface area contributed by atoms with E-state index < -0.39 is 0 Å². The predicted molar refractivity (Wildman–Crippen MR) is 72.4 cm³/mol. The van der Waals surface area contributed by atoms with Gasteiger partial charge in [0, 0.05) is 25.8 Å². The van der Waals surface area contributed by atoms with Crippen molar-refractivity contribution in [2.45, 2.75) is 50.7 Å². The number of amides is 2. The molecule has 0 saturated carbocycles. The van der Waals surface area contributed by atoms with Crippen LogP contribution < -0.4 is 0 Å². The summed E-state index contributed by atoms with van der Waals surface area (Å²) in [4.78, 5) is 35.9. The van der Waals surface area contributed by atoms with Crippen LogP contribution in [-0.2, 0) is 14.4 Å². The zero-order valence-corrected chi connectivity index (χ0v) is 11.9. The zero-order chi connectivity index (χ0) is 13.5. The molecule has 18 heavy (non-hydrogen) atoms. The molecule has 0 N–H and O–H groups in total. The van der Waals surface area contributed by atoms with Gasteiger partial charge < -0.3 is 0 Å². The number of ketones is 1. The molecule has 1 saturated heterocycles. The first-order valence-corrected chi connectivity index (χ1v) is 7.77. The van der Waals surface area contributed by atoms with Gasteiger partial charge in [0.15, 0.2) is 0 Å². The molecule has 0 aliphatic carbocycles. The highest BCUT2D eigenvalue weighted by Crippen LogP contribution is 2.23. The van der Waals surface area contributed by atoms with Crippen molar-refractivity contribution in [1.82, 2.24) is 4.90 Å². The second-order valence-corrected chi connectivity index (χ2v) is 5.56. The number of carbonyl (C=O) groups is 3. The second-order valence-electron chi connectivity index (χ2n) is 4.51. The number of Topliss-reactive ketones (excluding diaryl/α,β-unsaturated/α-hetero) is 1. The molecular formula is C13H21NO3S. The molecule has 1 fully saturated rings. The van der Waals surface area contributed by atoms with Crippen LogP contribution in [-0.4, -0.2) is 40.5 Å². The van der Waals surface area contributed by atoms with Gasteiger partial charge in [0.1, 0.15) is 5.78 Å². The number of hydrogen-bond acceptors (Lipinski definition) is 4. The molecule has 0 aromatic carbocycles. The highest BCUT2D eigenvalue weighted by Gasteiger charge is 2.37. The summed E-state index contributed by atoms with van der Waals surface area (Å²) in [6.07, 6.45) is 5.96. The fraction of sp³-hybridized carbons (Fsp3) is 0.769. The maximum Gasteiger partial charge on any atom is 0.242 e. The van der Waals surface area contributed by atoms with Gasteiger partial charge in [-0.3, -0.25) is 19.3 Å². The third-order valence-corrected chi connectivity index (χ3v) is 4.16. The summed E-state index contributed by atoms with van der Waals surface area (Å²) in [5.74, 6) is 0.187. The van der Waals surface area contributed by atoms with Crippen LogP contribution in [0.5, 0.6) is 0 Å². The topological polar surface area (TPSA) is 54.5 Å². The molecule has 0 aromatic rings. The molecule has 0 bridgehead atoms. The van der Waals surface area contributed by atoms with Crippen LogP contribution >= 0.6 is 11.8 Å². The number of hydrogen-bond donors (Lipinski definition) is 0. The van der Waals surface area contributed by atoms with Crippen LogP contribution in [0.1, 0.15) is 45.4 Å². The number of nitrogens with zero attached hydrogens (tertiary/aromatic N) is 1. The smallest absolute Gasteiger partial charge is 0.242 e. The van der Waals surface area contributed by atoms with E-state index in [0.717, 1.165) is 19.3 Å². The molecule has 0 spiro atoms. The number of thioether (sulfide) groups is 1. The normalized spacial score (nSPS) is 19.7. The first-order chi connectivity index (χ1) is 8.60. The predicted octanol–water partition coefficient (Wildman–Crippen LogP) is 2.02. The number of unbranched alkanes of at least 4 members (excludes halogenated alkanes) is 2. The Morgan fingerprint density at radius 2 is 2.06 bits per heavy atom. The minimum atomic E-state index is -0.181. The van der Waals surface area contributed by atoms with Crippen molar-refractivity contribution in [1.29, 1.82) is 0 Å². The Morgan fingerprint density at radius 1 is 1.33 bits per heavy atom. The summed E-state index contributed by atoms with van der Waals surface area (Å²) in [7, 11) is 0. The zero-order valence-electron chi connectivity index (χ0n) is 11.1. The fourth-order valence-corrected chi connectivity index (χ4v) is 2.66. The standard InChI is InChI=1S/C13H21NO3S/c1-3-10(15)7-5-4-6-8-14-12(16)9-11(18-2)13(14)17/h11H,3-9H2,1-2H3. The van der Waals surface area contributed by atoms with E-state index in [1.54, 1.807) is 0 Å². The molecule has 1 rings (SSSR count). The number of rotatable bonds is 8. The molecule has 4 nitrogen and oxygen atoms in total. The second kappa shape index (κ2) is 7.56. The summed E-state index contributed by atoms with van der Waals surface area (Å²) in [6, 6.07) is 0. The number of likely N-dealkylation sites (tertiary alicyclic amines) is 1. The van der Waals surface area contributed by atoms with E-state index in [-0.39, 0.29) is 22.8 Å². The number of imide groups is 1. The highest BCUT2D eigenvalue weighted by molar-refractivity contribution is 8.00. The maximum absolute atomic E-state index is 11.8. The summed E-state index contributed by atoms with van der Waals surface area (Å²) < 4.78 is 0. The first kappa shape index (κ1) is 15.2. The molecule has 0 aromatic heterocycles. The lowest BCUT2D eigenvalue weighted by Crippen LogP contribution is -2.32. The van der Waals surface area contributed by atoms with Gasteiger partial charge in [-0.1, -0.05) is 13.3 Å². The van der Waals surface area contributed by atoms with Gasteiger partial charge in [0.05, 0.1) is 5.25 Å². The monoisotopic (exact) mass is 271 g/mol.